The van der Waals surface area contributed by atoms with Gasteiger partial charge in [0.1, 0.15) is 12.4 Å². The van der Waals surface area contributed by atoms with Gasteiger partial charge in [0.05, 0.1) is 6.10 Å². The van der Waals surface area contributed by atoms with Crippen LogP contribution in [0.4, 0.5) is 0 Å². The van der Waals surface area contributed by atoms with Crippen molar-refractivity contribution in [2.45, 2.75) is 25.9 Å². The van der Waals surface area contributed by atoms with E-state index in [0.717, 1.165) is 57.9 Å². The molecule has 1 saturated heterocycles. The molecule has 0 radical (unpaired) electrons. The molecule has 0 spiro atoms. The first-order valence-corrected chi connectivity index (χ1v) is 7.94. The zero-order chi connectivity index (χ0) is 15.1. The van der Waals surface area contributed by atoms with Gasteiger partial charge in [-0.25, -0.2) is 0 Å². The van der Waals surface area contributed by atoms with Gasteiger partial charge in [0.15, 0.2) is 0 Å². The van der Waals surface area contributed by atoms with Crippen LogP contribution in [0.3, 0.4) is 0 Å². The number of benzene rings is 1. The fourth-order valence-corrected chi connectivity index (χ4v) is 2.49. The fourth-order valence-electron chi connectivity index (χ4n) is 2.49. The molecule has 2 rings (SSSR count). The van der Waals surface area contributed by atoms with Crippen LogP contribution in [0.2, 0.25) is 0 Å². The summed E-state index contributed by atoms with van der Waals surface area (Å²) >= 11 is 0. The molecule has 0 amide bonds. The van der Waals surface area contributed by atoms with E-state index in [9.17, 15) is 5.11 Å². The van der Waals surface area contributed by atoms with Crippen LogP contribution in [0.15, 0.2) is 24.3 Å². The molecule has 4 nitrogen and oxygen atoms in total. The van der Waals surface area contributed by atoms with Crippen molar-refractivity contribution in [2.75, 3.05) is 46.4 Å². The van der Waals surface area contributed by atoms with E-state index in [4.69, 9.17) is 4.74 Å². The molecule has 1 aliphatic heterocycles. The summed E-state index contributed by atoms with van der Waals surface area (Å²) in [6.45, 7) is 8.15. The Morgan fingerprint density at radius 1 is 1.14 bits per heavy atom. The molecular formula is C17H28N2O2. The lowest BCUT2D eigenvalue weighted by atomic mass is 10.1. The fraction of sp³-hybridized carbons (Fsp3) is 0.647. The number of aryl methyl sites for hydroxylation is 1. The molecule has 1 fully saturated rings. The van der Waals surface area contributed by atoms with E-state index >= 15 is 0 Å². The maximum atomic E-state index is 9.29. The third kappa shape index (κ3) is 6.04. The van der Waals surface area contributed by atoms with Crippen LogP contribution in [-0.4, -0.2) is 67.4 Å². The minimum Gasteiger partial charge on any atom is -0.492 e. The maximum Gasteiger partial charge on any atom is 0.119 e. The smallest absolute Gasteiger partial charge is 0.119 e. The zero-order valence-corrected chi connectivity index (χ0v) is 13.3. The number of piperazine rings is 1. The van der Waals surface area contributed by atoms with Crippen molar-refractivity contribution in [3.05, 3.63) is 29.8 Å². The van der Waals surface area contributed by atoms with Crippen LogP contribution in [-0.2, 0) is 6.42 Å². The number of ether oxygens (including phenoxy) is 1. The van der Waals surface area contributed by atoms with E-state index in [1.165, 1.54) is 5.56 Å². The second kappa shape index (κ2) is 8.37. The molecule has 21 heavy (non-hydrogen) atoms. The van der Waals surface area contributed by atoms with E-state index < -0.39 is 0 Å². The predicted octanol–water partition coefficient (Wildman–Crippen LogP) is 1.63. The van der Waals surface area contributed by atoms with Crippen LogP contribution in [0, 0.1) is 0 Å². The Hall–Kier alpha value is -1.10. The normalized spacial score (nSPS) is 18.6. The summed E-state index contributed by atoms with van der Waals surface area (Å²) in [6, 6.07) is 8.24. The Balaban J connectivity index is 1.66. The monoisotopic (exact) mass is 292 g/mol. The van der Waals surface area contributed by atoms with Crippen LogP contribution in [0.25, 0.3) is 0 Å². The first kappa shape index (κ1) is 16.3. The maximum absolute atomic E-state index is 9.29. The topological polar surface area (TPSA) is 35.9 Å². The molecule has 1 unspecified atom stereocenters. The highest BCUT2D eigenvalue weighted by Crippen LogP contribution is 2.14. The predicted molar refractivity (Wildman–Crippen MR) is 85.9 cm³/mol. The lowest BCUT2D eigenvalue weighted by molar-refractivity contribution is 0.133. The SMILES string of the molecule is CC(O)CCc1ccc(OCCN2CCN(C)CC2)cc1. The Morgan fingerprint density at radius 3 is 2.43 bits per heavy atom. The molecule has 118 valence electrons. The number of hydrogen-bond acceptors (Lipinski definition) is 4. The van der Waals surface area contributed by atoms with Crippen molar-refractivity contribution in [1.29, 1.82) is 0 Å². The largest absolute Gasteiger partial charge is 0.492 e. The number of aliphatic hydroxyl groups excluding tert-OH is 1. The summed E-state index contributed by atoms with van der Waals surface area (Å²) < 4.78 is 5.81. The molecule has 1 aromatic carbocycles. The van der Waals surface area contributed by atoms with Crippen LogP contribution >= 0.6 is 0 Å². The molecular weight excluding hydrogens is 264 g/mol. The van der Waals surface area contributed by atoms with Gasteiger partial charge in [-0.2, -0.15) is 0 Å². The summed E-state index contributed by atoms with van der Waals surface area (Å²) in [6.07, 6.45) is 1.49. The summed E-state index contributed by atoms with van der Waals surface area (Å²) in [5, 5.41) is 9.29. The molecule has 0 aliphatic carbocycles. The van der Waals surface area contributed by atoms with E-state index in [-0.39, 0.29) is 6.10 Å². The summed E-state index contributed by atoms with van der Waals surface area (Å²) in [5.41, 5.74) is 1.25. The van der Waals surface area contributed by atoms with Crippen LogP contribution < -0.4 is 4.74 Å². The third-order valence-corrected chi connectivity index (χ3v) is 4.05. The average Bonchev–Trinajstić information content (AvgIpc) is 2.48. The standard InChI is InChI=1S/C17H28N2O2/c1-15(20)3-4-16-5-7-17(8-6-16)21-14-13-19-11-9-18(2)10-12-19/h5-8,15,20H,3-4,9-14H2,1-2H3. The minimum atomic E-state index is -0.232. The van der Waals surface area contributed by atoms with Gasteiger partial charge >= 0.3 is 0 Å². The van der Waals surface area contributed by atoms with Crippen molar-refractivity contribution in [3.63, 3.8) is 0 Å². The Kier molecular flexibility index (Phi) is 6.49. The highest BCUT2D eigenvalue weighted by molar-refractivity contribution is 5.27. The number of nitrogens with zero attached hydrogens (tertiary/aromatic N) is 2. The van der Waals surface area contributed by atoms with Crippen molar-refractivity contribution in [1.82, 2.24) is 9.80 Å². The Bertz CT molecular complexity index is 398. The van der Waals surface area contributed by atoms with Gasteiger partial charge in [0.25, 0.3) is 0 Å². The number of rotatable bonds is 7. The summed E-state index contributed by atoms with van der Waals surface area (Å²) in [5.74, 6) is 0.935. The van der Waals surface area contributed by atoms with Crippen LogP contribution in [0.1, 0.15) is 18.9 Å². The Morgan fingerprint density at radius 2 is 1.81 bits per heavy atom. The van der Waals surface area contributed by atoms with E-state index in [1.54, 1.807) is 0 Å². The molecule has 1 aliphatic rings. The number of hydrogen-bond donors (Lipinski definition) is 1. The van der Waals surface area contributed by atoms with Crippen molar-refractivity contribution in [2.24, 2.45) is 0 Å². The van der Waals surface area contributed by atoms with Gasteiger partial charge in [0, 0.05) is 32.7 Å². The summed E-state index contributed by atoms with van der Waals surface area (Å²) in [7, 11) is 2.17. The Labute approximate surface area is 128 Å². The molecule has 1 aromatic rings. The highest BCUT2D eigenvalue weighted by Gasteiger charge is 2.13. The van der Waals surface area contributed by atoms with Crippen LogP contribution in [0.5, 0.6) is 5.75 Å². The summed E-state index contributed by atoms with van der Waals surface area (Å²) in [4.78, 5) is 4.82. The van der Waals surface area contributed by atoms with E-state index in [0.29, 0.717) is 0 Å². The molecule has 0 bridgehead atoms. The van der Waals surface area contributed by atoms with Crippen molar-refractivity contribution >= 4 is 0 Å². The van der Waals surface area contributed by atoms with Gasteiger partial charge in [0.2, 0.25) is 0 Å². The molecule has 1 heterocycles. The quantitative estimate of drug-likeness (QED) is 0.828. The van der Waals surface area contributed by atoms with Crippen molar-refractivity contribution < 1.29 is 9.84 Å². The van der Waals surface area contributed by atoms with E-state index in [1.807, 2.05) is 19.1 Å². The number of aliphatic hydroxyl groups is 1. The molecule has 4 heteroatoms. The van der Waals surface area contributed by atoms with Gasteiger partial charge in [-0.1, -0.05) is 12.1 Å². The second-order valence-corrected chi connectivity index (χ2v) is 6.03. The van der Waals surface area contributed by atoms with Gasteiger partial charge in [-0.15, -0.1) is 0 Å². The molecule has 1 atom stereocenters. The van der Waals surface area contributed by atoms with Gasteiger partial charge < -0.3 is 14.7 Å². The molecule has 1 N–H and O–H groups in total. The highest BCUT2D eigenvalue weighted by atomic mass is 16.5. The molecule has 0 aromatic heterocycles. The second-order valence-electron chi connectivity index (χ2n) is 6.03. The first-order valence-electron chi connectivity index (χ1n) is 7.94. The molecule has 0 saturated carbocycles. The van der Waals surface area contributed by atoms with Gasteiger partial charge in [-0.05, 0) is 44.5 Å². The van der Waals surface area contributed by atoms with E-state index in [2.05, 4.69) is 29.0 Å². The lowest BCUT2D eigenvalue weighted by Crippen LogP contribution is -2.45. The minimum absolute atomic E-state index is 0.232. The first-order chi connectivity index (χ1) is 10.1. The number of likely N-dealkylation sites (N-methyl/N-ethyl adjacent to an activating group) is 1. The lowest BCUT2D eigenvalue weighted by Gasteiger charge is -2.32. The average molecular weight is 292 g/mol. The van der Waals surface area contributed by atoms with Gasteiger partial charge in [-0.3, -0.25) is 4.90 Å². The third-order valence-electron chi connectivity index (χ3n) is 4.05. The van der Waals surface area contributed by atoms with Crippen molar-refractivity contribution in [3.8, 4) is 5.75 Å². The zero-order valence-electron chi connectivity index (χ0n) is 13.3.